The molecule has 0 aromatic rings. The predicted molar refractivity (Wildman–Crippen MR) is 69.9 cm³/mol. The van der Waals surface area contributed by atoms with Crippen molar-refractivity contribution in [3.63, 3.8) is 0 Å². The number of nitrogens with one attached hydrogen (secondary N) is 1. The molecule has 1 saturated carbocycles. The van der Waals surface area contributed by atoms with E-state index in [1.54, 1.807) is 0 Å². The van der Waals surface area contributed by atoms with Gasteiger partial charge in [-0.15, -0.1) is 0 Å². The fourth-order valence-corrected chi connectivity index (χ4v) is 3.04. The van der Waals surface area contributed by atoms with Crippen molar-refractivity contribution in [2.24, 2.45) is 5.92 Å². The largest absolute Gasteiger partial charge is 0.341 e. The number of hydrogen-bond donors (Lipinski definition) is 1. The first-order chi connectivity index (χ1) is 8.36. The third-order valence-electron chi connectivity index (χ3n) is 4.13. The van der Waals surface area contributed by atoms with Gasteiger partial charge in [-0.05, 0) is 31.7 Å². The van der Waals surface area contributed by atoms with Gasteiger partial charge in [0.05, 0.1) is 0 Å². The summed E-state index contributed by atoms with van der Waals surface area (Å²) in [5, 5.41) is 3.35. The van der Waals surface area contributed by atoms with Gasteiger partial charge in [0.1, 0.15) is 0 Å². The molecule has 1 heterocycles. The van der Waals surface area contributed by atoms with Gasteiger partial charge >= 0.3 is 0 Å². The standard InChI is InChI=1S/C14H26N2O/c17-14(16-10-5-8-15-9-11-16)12-13-6-3-1-2-4-7-13/h13,15H,1-12H2. The van der Waals surface area contributed by atoms with Crippen molar-refractivity contribution in [2.75, 3.05) is 26.2 Å². The Morgan fingerprint density at radius 2 is 1.76 bits per heavy atom. The second-order valence-electron chi connectivity index (χ2n) is 5.55. The molecule has 0 spiro atoms. The molecule has 1 amide bonds. The highest BCUT2D eigenvalue weighted by atomic mass is 16.2. The van der Waals surface area contributed by atoms with Gasteiger partial charge in [0.2, 0.25) is 5.91 Å². The van der Waals surface area contributed by atoms with Crippen molar-refractivity contribution >= 4 is 5.91 Å². The van der Waals surface area contributed by atoms with Gasteiger partial charge in [-0.1, -0.05) is 25.7 Å². The summed E-state index contributed by atoms with van der Waals surface area (Å²) in [5.74, 6) is 1.07. The molecule has 0 unspecified atom stereocenters. The third kappa shape index (κ3) is 4.30. The summed E-state index contributed by atoms with van der Waals surface area (Å²) in [7, 11) is 0. The molecule has 3 heteroatoms. The Hall–Kier alpha value is -0.570. The fourth-order valence-electron chi connectivity index (χ4n) is 3.04. The van der Waals surface area contributed by atoms with Crippen LogP contribution in [-0.4, -0.2) is 37.0 Å². The molecule has 2 fully saturated rings. The summed E-state index contributed by atoms with van der Waals surface area (Å²) >= 11 is 0. The van der Waals surface area contributed by atoms with Crippen LogP contribution >= 0.6 is 0 Å². The minimum Gasteiger partial charge on any atom is -0.341 e. The number of rotatable bonds is 2. The number of hydrogen-bond acceptors (Lipinski definition) is 2. The smallest absolute Gasteiger partial charge is 0.222 e. The number of carbonyl (C=O) groups is 1. The first-order valence-electron chi connectivity index (χ1n) is 7.35. The maximum atomic E-state index is 12.2. The zero-order valence-corrected chi connectivity index (χ0v) is 10.9. The van der Waals surface area contributed by atoms with Crippen molar-refractivity contribution < 1.29 is 4.79 Å². The molecule has 0 atom stereocenters. The SMILES string of the molecule is O=C(CC1CCCCCC1)N1CCCNCC1. The Morgan fingerprint density at radius 1 is 1.00 bits per heavy atom. The molecule has 1 N–H and O–H groups in total. The highest BCUT2D eigenvalue weighted by molar-refractivity contribution is 5.76. The van der Waals surface area contributed by atoms with Crippen molar-refractivity contribution in [3.8, 4) is 0 Å². The van der Waals surface area contributed by atoms with Gasteiger partial charge < -0.3 is 10.2 Å². The number of nitrogens with zero attached hydrogens (tertiary/aromatic N) is 1. The summed E-state index contributed by atoms with van der Waals surface area (Å²) in [6.07, 6.45) is 9.88. The van der Waals surface area contributed by atoms with E-state index in [0.717, 1.165) is 39.0 Å². The van der Waals surface area contributed by atoms with Crippen molar-refractivity contribution in [1.82, 2.24) is 10.2 Å². The molecule has 3 nitrogen and oxygen atoms in total. The van der Waals surface area contributed by atoms with Crippen LogP contribution in [0.15, 0.2) is 0 Å². The maximum absolute atomic E-state index is 12.2. The number of amides is 1. The summed E-state index contributed by atoms with van der Waals surface area (Å²) in [4.78, 5) is 14.3. The molecular weight excluding hydrogens is 212 g/mol. The van der Waals surface area contributed by atoms with Crippen LogP contribution in [0.1, 0.15) is 51.4 Å². The molecule has 2 rings (SSSR count). The van der Waals surface area contributed by atoms with Crippen LogP contribution in [0.4, 0.5) is 0 Å². The van der Waals surface area contributed by atoms with Crippen molar-refractivity contribution in [1.29, 1.82) is 0 Å². The first-order valence-corrected chi connectivity index (χ1v) is 7.35. The van der Waals surface area contributed by atoms with Crippen LogP contribution in [-0.2, 0) is 4.79 Å². The second-order valence-corrected chi connectivity index (χ2v) is 5.55. The van der Waals surface area contributed by atoms with Gasteiger partial charge in [0.25, 0.3) is 0 Å². The lowest BCUT2D eigenvalue weighted by molar-refractivity contribution is -0.132. The lowest BCUT2D eigenvalue weighted by Gasteiger charge is -2.23. The Morgan fingerprint density at radius 3 is 2.53 bits per heavy atom. The molecule has 0 aromatic carbocycles. The van der Waals surface area contributed by atoms with Gasteiger partial charge in [-0.2, -0.15) is 0 Å². The minimum atomic E-state index is 0.403. The fraction of sp³-hybridized carbons (Fsp3) is 0.929. The Bertz CT molecular complexity index is 226. The summed E-state index contributed by atoms with van der Waals surface area (Å²) in [6, 6.07) is 0. The quantitative estimate of drug-likeness (QED) is 0.748. The van der Waals surface area contributed by atoms with E-state index in [0.29, 0.717) is 11.8 Å². The van der Waals surface area contributed by atoms with Crippen LogP contribution in [0.25, 0.3) is 0 Å². The van der Waals surface area contributed by atoms with Gasteiger partial charge in [0.15, 0.2) is 0 Å². The molecule has 98 valence electrons. The van der Waals surface area contributed by atoms with Crippen LogP contribution < -0.4 is 5.32 Å². The van der Waals surface area contributed by atoms with Crippen LogP contribution in [0.3, 0.4) is 0 Å². The van der Waals surface area contributed by atoms with Crippen LogP contribution in [0.5, 0.6) is 0 Å². The average molecular weight is 238 g/mol. The topological polar surface area (TPSA) is 32.3 Å². The zero-order valence-electron chi connectivity index (χ0n) is 10.9. The summed E-state index contributed by atoms with van der Waals surface area (Å²) in [6.45, 7) is 3.90. The second kappa shape index (κ2) is 7.00. The van der Waals surface area contributed by atoms with E-state index in [4.69, 9.17) is 0 Å². The summed E-state index contributed by atoms with van der Waals surface area (Å²) in [5.41, 5.74) is 0. The van der Waals surface area contributed by atoms with Crippen molar-refractivity contribution in [3.05, 3.63) is 0 Å². The predicted octanol–water partition coefficient (Wildman–Crippen LogP) is 2.17. The van der Waals surface area contributed by atoms with Gasteiger partial charge in [-0.3, -0.25) is 4.79 Å². The Labute approximate surface area is 105 Å². The lowest BCUT2D eigenvalue weighted by atomic mass is 9.96. The molecular formula is C14H26N2O. The third-order valence-corrected chi connectivity index (χ3v) is 4.13. The first kappa shape index (κ1) is 12.9. The van der Waals surface area contributed by atoms with E-state index in [9.17, 15) is 4.79 Å². The van der Waals surface area contributed by atoms with Crippen LogP contribution in [0.2, 0.25) is 0 Å². The van der Waals surface area contributed by atoms with E-state index < -0.39 is 0 Å². The molecule has 1 aliphatic carbocycles. The molecule has 17 heavy (non-hydrogen) atoms. The minimum absolute atomic E-state index is 0.403. The highest BCUT2D eigenvalue weighted by Crippen LogP contribution is 2.26. The zero-order chi connectivity index (χ0) is 11.9. The van der Waals surface area contributed by atoms with E-state index in [-0.39, 0.29) is 0 Å². The van der Waals surface area contributed by atoms with E-state index in [1.807, 2.05) is 0 Å². The molecule has 2 aliphatic rings. The van der Waals surface area contributed by atoms with Gasteiger partial charge in [0, 0.05) is 26.1 Å². The van der Waals surface area contributed by atoms with E-state index in [2.05, 4.69) is 10.2 Å². The monoisotopic (exact) mass is 238 g/mol. The summed E-state index contributed by atoms with van der Waals surface area (Å²) < 4.78 is 0. The van der Waals surface area contributed by atoms with E-state index in [1.165, 1.54) is 38.5 Å². The number of carbonyl (C=O) groups excluding carboxylic acids is 1. The van der Waals surface area contributed by atoms with Crippen molar-refractivity contribution in [2.45, 2.75) is 51.4 Å². The Balaban J connectivity index is 1.77. The van der Waals surface area contributed by atoms with Gasteiger partial charge in [-0.25, -0.2) is 0 Å². The van der Waals surface area contributed by atoms with Crippen LogP contribution in [0, 0.1) is 5.92 Å². The molecule has 1 saturated heterocycles. The normalized spacial score (nSPS) is 24.1. The Kier molecular flexibility index (Phi) is 5.30. The van der Waals surface area contributed by atoms with E-state index >= 15 is 0 Å². The molecule has 0 radical (unpaired) electrons. The lowest BCUT2D eigenvalue weighted by Crippen LogP contribution is -2.35. The highest BCUT2D eigenvalue weighted by Gasteiger charge is 2.20. The molecule has 0 aromatic heterocycles. The average Bonchev–Trinajstić information content (AvgIpc) is 2.72. The molecule has 0 bridgehead atoms. The molecule has 1 aliphatic heterocycles. The maximum Gasteiger partial charge on any atom is 0.222 e.